The number of hydrogen-bond acceptors (Lipinski definition) is 25. The fourth-order valence-electron chi connectivity index (χ4n) is 17.0. The second-order valence-electron chi connectivity index (χ2n) is 33.7. The first kappa shape index (κ1) is 104. The van der Waals surface area contributed by atoms with Crippen molar-refractivity contribution in [2.75, 3.05) is 71.5 Å². The largest absolute Gasteiger partial charge is 0.508 e. The van der Waals surface area contributed by atoms with Gasteiger partial charge in [0.2, 0.25) is 100 Å². The Balaban J connectivity index is 1.10. The van der Waals surface area contributed by atoms with Crippen molar-refractivity contribution in [3.05, 3.63) is 102 Å². The zero-order valence-electron chi connectivity index (χ0n) is 74.9. The van der Waals surface area contributed by atoms with Gasteiger partial charge in [0.25, 0.3) is 0 Å². The normalized spacial score (nSPS) is 25.3. The molecule has 46 heteroatoms. The highest BCUT2D eigenvalue weighted by Gasteiger charge is 2.47. The van der Waals surface area contributed by atoms with Gasteiger partial charge in [-0.2, -0.15) is 0 Å². The number of aromatic hydroxyl groups is 1. The first-order valence-corrected chi connectivity index (χ1v) is 45.7. The summed E-state index contributed by atoms with van der Waals surface area (Å²) in [6.45, 7) is -1.16. The number of carboxylic acids is 2. The lowest BCUT2D eigenvalue weighted by Crippen LogP contribution is -2.62. The number of aliphatic carboxylic acids is 2. The molecule has 134 heavy (non-hydrogen) atoms. The Kier molecular flexibility index (Phi) is 38.5. The number of nitrogens with two attached hydrogens (primary N) is 4. The smallest absolute Gasteiger partial charge is 0.323 e. The number of nitrogens with zero attached hydrogens (tertiary/aromatic N) is 6. The van der Waals surface area contributed by atoms with Crippen molar-refractivity contribution >= 4 is 146 Å². The molecule has 0 saturated carbocycles. The van der Waals surface area contributed by atoms with E-state index in [0.29, 0.717) is 58.6 Å². The van der Waals surface area contributed by atoms with E-state index in [4.69, 9.17) is 22.9 Å². The second-order valence-corrected chi connectivity index (χ2v) is 34.8. The molecule has 45 nitrogen and oxygen atoms in total. The number of hydrogen-bond donors (Lipinski definition) is 20. The highest BCUT2D eigenvalue weighted by molar-refractivity contribution is 8.00. The number of primary amides is 2. The van der Waals surface area contributed by atoms with Crippen LogP contribution in [0.3, 0.4) is 0 Å². The number of aromatic amines is 1. The van der Waals surface area contributed by atoms with Crippen molar-refractivity contribution in [2.24, 2.45) is 22.9 Å². The summed E-state index contributed by atoms with van der Waals surface area (Å²) in [5, 5.41) is 79.1. The van der Waals surface area contributed by atoms with Gasteiger partial charge in [-0.05, 0) is 92.3 Å². The number of benzene rings is 3. The van der Waals surface area contributed by atoms with Crippen LogP contribution in [0.25, 0.3) is 21.8 Å². The molecule has 4 saturated heterocycles. The van der Waals surface area contributed by atoms with Gasteiger partial charge in [-0.1, -0.05) is 88.1 Å². The number of carboxylic acid groups (broad SMARTS) is 2. The summed E-state index contributed by atoms with van der Waals surface area (Å²) in [7, 11) is 2.55. The van der Waals surface area contributed by atoms with Crippen LogP contribution in [0.4, 0.5) is 0 Å². The Bertz CT molecular complexity index is 5130. The number of aliphatic hydroxyl groups is 2. The number of likely N-dealkylation sites (N-methyl/N-ethyl adjacent to an activating group) is 2. The van der Waals surface area contributed by atoms with Gasteiger partial charge in [0, 0.05) is 119 Å². The maximum Gasteiger partial charge on any atom is 0.323 e. The maximum absolute atomic E-state index is 15.8. The molecular weight excluding hydrogens is 1770 g/mol. The highest BCUT2D eigenvalue weighted by atomic mass is 32.2. The third kappa shape index (κ3) is 27.9. The van der Waals surface area contributed by atoms with Crippen LogP contribution in [0.2, 0.25) is 0 Å². The Hall–Kier alpha value is -13.3. The fourth-order valence-corrected chi connectivity index (χ4v) is 17.8. The minimum absolute atomic E-state index is 0.0288. The monoisotopic (exact) mass is 1890 g/mol. The molecule has 0 unspecified atom stereocenters. The van der Waals surface area contributed by atoms with Crippen LogP contribution in [0.5, 0.6) is 5.75 Å². The predicted molar refractivity (Wildman–Crippen MR) is 482 cm³/mol. The number of fused-ring (bicyclic) bond motifs is 5. The number of phenols is 1. The number of amides is 17. The molecule has 17 amide bonds. The van der Waals surface area contributed by atoms with Gasteiger partial charge in [-0.25, -0.2) is 0 Å². The highest BCUT2D eigenvalue weighted by Crippen LogP contribution is 2.29. The van der Waals surface area contributed by atoms with E-state index in [2.05, 4.69) is 58.2 Å². The van der Waals surface area contributed by atoms with Crippen molar-refractivity contribution in [3.63, 3.8) is 0 Å². The van der Waals surface area contributed by atoms with E-state index in [9.17, 15) is 83.1 Å². The number of phenolic OH excluding ortho intramolecular Hbond substituents is 1. The van der Waals surface area contributed by atoms with Crippen molar-refractivity contribution in [1.29, 1.82) is 0 Å². The Morgan fingerprint density at radius 2 is 1.04 bits per heavy atom. The van der Waals surface area contributed by atoms with Crippen LogP contribution >= 0.6 is 11.8 Å². The number of rotatable bonds is 25. The second kappa shape index (κ2) is 49.4. The molecule has 5 aromatic rings. The zero-order valence-corrected chi connectivity index (χ0v) is 75.8. The predicted octanol–water partition coefficient (Wildman–Crippen LogP) is -5.33. The third-order valence-corrected chi connectivity index (χ3v) is 25.1. The zero-order chi connectivity index (χ0) is 97.9. The molecule has 3 aromatic carbocycles. The van der Waals surface area contributed by atoms with Crippen molar-refractivity contribution in [1.82, 2.24) is 87.2 Å². The average Bonchev–Trinajstić information content (AvgIpc) is 1.59. The summed E-state index contributed by atoms with van der Waals surface area (Å²) in [6, 6.07) is -4.38. The van der Waals surface area contributed by atoms with Gasteiger partial charge < -0.3 is 136 Å². The number of carbonyl (C=O) groups is 19. The number of nitrogens with one attached hydrogen (secondary N) is 11. The molecule has 0 bridgehead atoms. The Morgan fingerprint density at radius 3 is 1.68 bits per heavy atom. The minimum Gasteiger partial charge on any atom is -0.508 e. The lowest BCUT2D eigenvalue weighted by Gasteiger charge is -2.38. The van der Waals surface area contributed by atoms with Gasteiger partial charge >= 0.3 is 11.9 Å². The molecule has 4 aliphatic rings. The summed E-state index contributed by atoms with van der Waals surface area (Å²) in [4.78, 5) is 281. The minimum atomic E-state index is -2.01. The van der Waals surface area contributed by atoms with E-state index < -0.39 is 292 Å². The van der Waals surface area contributed by atoms with Crippen LogP contribution in [-0.2, 0) is 117 Å². The van der Waals surface area contributed by atoms with Crippen LogP contribution in [0.1, 0.15) is 127 Å². The van der Waals surface area contributed by atoms with Crippen LogP contribution in [-0.4, -0.2) is 334 Å². The lowest BCUT2D eigenvalue weighted by molar-refractivity contribution is -0.149. The van der Waals surface area contributed by atoms with Crippen LogP contribution in [0, 0.1) is 0 Å². The van der Waals surface area contributed by atoms with E-state index in [-0.39, 0.29) is 75.8 Å². The molecule has 4 fully saturated rings. The summed E-state index contributed by atoms with van der Waals surface area (Å²) in [5.74, 6) is -21.3. The van der Waals surface area contributed by atoms with Gasteiger partial charge in [-0.3, -0.25) is 91.1 Å². The van der Waals surface area contributed by atoms with Crippen molar-refractivity contribution in [3.8, 4) is 5.75 Å². The van der Waals surface area contributed by atoms with Gasteiger partial charge in [0.05, 0.1) is 31.4 Å². The molecule has 15 atom stereocenters. The number of unbranched alkanes of at least 4 members (excludes halogenated alkanes) is 2. The number of aliphatic hydroxyl groups excluding tert-OH is 2. The number of H-pyrrole nitrogens is 1. The number of carbonyl (C=O) groups excluding carboxylic acids is 17. The maximum atomic E-state index is 15.8. The van der Waals surface area contributed by atoms with Crippen molar-refractivity contribution < 1.29 is 117 Å². The first-order valence-electron chi connectivity index (χ1n) is 44.5. The summed E-state index contributed by atoms with van der Waals surface area (Å²) < 4.78 is 1.38. The number of aromatic nitrogens is 2. The molecule has 24 N–H and O–H groups in total. The molecule has 0 spiro atoms. The quantitative estimate of drug-likeness (QED) is 0.0259. The van der Waals surface area contributed by atoms with Crippen molar-refractivity contribution in [2.45, 2.75) is 227 Å². The topological polar surface area (TPSA) is 687 Å². The molecule has 9 rings (SSSR count). The number of para-hydroxylation sites is 2. The number of piperidine rings is 1. The Labute approximate surface area is 774 Å². The van der Waals surface area contributed by atoms with Crippen LogP contribution in [0.15, 0.2) is 85.2 Å². The van der Waals surface area contributed by atoms with E-state index in [0.717, 1.165) is 31.4 Å². The van der Waals surface area contributed by atoms with Gasteiger partial charge in [0.1, 0.15) is 96.9 Å². The molecule has 2 aromatic heterocycles. The van der Waals surface area contributed by atoms with E-state index in [1.165, 1.54) is 60.2 Å². The SMILES string of the molecule is CCCC[C@H]1C(=O)N(C)[C@@H](CCCC)C(=O)N[C@@H](CN)C(=O)N[C@H](C(=O)NCC(N)=O)CSCC(=O)N[C@@H](Cc2ccc(O)cc2)C(=O)N2CCCC[C@H]2C(=O)N[C@@H](CC(N)=O)C(=O)N2CCC[C@H]2C(=O)N[C@@H](CN)C(=O)N[C@@H](CCC(=O)O)C(=O)N2C[C@H](O)C[C@H]2C(=O)N[C@@H](Cc2c[nH]c3ccccc23)C(=O)N[C@@H](CO)C(=O)N[C@@H](Cc2cn(CC(=O)O)c3ccccc23)C(=O)N1C. The first-order chi connectivity index (χ1) is 63.9. The Morgan fingerprint density at radius 1 is 0.515 bits per heavy atom. The van der Waals surface area contributed by atoms with Gasteiger partial charge in [0.15, 0.2) is 0 Å². The standard InChI is InChI=1S/C88H121N21O24S/c1-5-7-19-65-80(125)100-61(38-90)78(123)103-63(75(120)94-40-71(92)114)45-134-46-72(115)95-57(32-47-24-26-50(111)27-25-47)86(131)107-30-14-13-22-66(107)81(126)99-59(36-70(91)113)87(132)108-31-15-23-67(108)82(127)101-60(37-89)77(122)96-55(28-29-73(116)117)85(130)109-42-51(112)35-69(109)83(128)97-56(33-48-39-93-54-18-11-9-16-52(48)54)76(121)102-62(44-110)79(124)98-58(84(129)105(4)68(20-8-6-2)88(133)104(65)3)34-49-41-106(43-74(118)119)64-21-12-10-17-53(49)64/h9-12,16-18,21,24-27,39,41,51,55-63,65-69,93,110-112H,5-8,13-15,19-20,22-23,28-38,40,42-46,89-90H2,1-4H3,(H2,91,113)(H2,92,114)(H,94,120)(H,95,115)(H,96,122)(H,97,128)(H,98,124)(H,99,126)(H,100,125)(H,101,127)(H,102,121)(H,103,123)(H,116,117)(H,118,119)/t51-,55+,56+,57+,58+,59+,60+,61+,62+,63+,65+,66+,67+,68+,69+/m1/s1. The lowest BCUT2D eigenvalue weighted by atomic mass is 9.97. The van der Waals surface area contributed by atoms with Gasteiger partial charge in [-0.15, -0.1) is 11.8 Å². The number of thioether (sulfide) groups is 1. The summed E-state index contributed by atoms with van der Waals surface area (Å²) in [5.41, 5.74) is 25.5. The molecule has 4 aliphatic heterocycles. The summed E-state index contributed by atoms with van der Waals surface area (Å²) >= 11 is 0.747. The summed E-state index contributed by atoms with van der Waals surface area (Å²) in [6.07, 6.45) is -0.512. The van der Waals surface area contributed by atoms with E-state index in [1.807, 2.05) is 0 Å². The average molecular weight is 1890 g/mol. The van der Waals surface area contributed by atoms with Crippen LogP contribution < -0.4 is 76.1 Å². The molecular formula is C88H121N21O24S. The van der Waals surface area contributed by atoms with E-state index >= 15 is 33.6 Å². The molecule has 728 valence electrons. The molecule has 0 aliphatic carbocycles. The third-order valence-electron chi connectivity index (χ3n) is 24.1. The molecule has 0 radical (unpaired) electrons. The van der Waals surface area contributed by atoms with E-state index in [1.54, 1.807) is 62.4 Å². The molecule has 6 heterocycles. The fraction of sp³-hybridized carbons (Fsp3) is 0.534.